The number of carbonyl (C=O) groups is 1. The molecule has 3 rings (SSSR count). The molecule has 0 bridgehead atoms. The maximum atomic E-state index is 10.9. The van der Waals surface area contributed by atoms with E-state index in [1.54, 1.807) is 0 Å². The first kappa shape index (κ1) is 8.96. The van der Waals surface area contributed by atoms with Crippen LogP contribution in [-0.2, 0) is 9.53 Å². The zero-order valence-electron chi connectivity index (χ0n) is 8.77. The minimum Gasteiger partial charge on any atom is -0.482 e. The summed E-state index contributed by atoms with van der Waals surface area (Å²) in [5.74, 6) is 2.04. The van der Waals surface area contributed by atoms with Gasteiger partial charge in [0.05, 0.1) is 0 Å². The molecule has 3 atom stereocenters. The first-order chi connectivity index (χ1) is 7.31. The van der Waals surface area contributed by atoms with E-state index in [0.29, 0.717) is 11.8 Å². The second-order valence-electron chi connectivity index (χ2n) is 4.55. The molecule has 0 aromatic carbocycles. The van der Waals surface area contributed by atoms with Crippen LogP contribution >= 0.6 is 0 Å². The number of rotatable bonds is 1. The lowest BCUT2D eigenvalue weighted by atomic mass is 9.67. The largest absolute Gasteiger partial charge is 0.482 e. The Balaban J connectivity index is 2.04. The molecule has 0 saturated carbocycles. The standard InChI is InChI=1S/C13H14O2/c1-8-6-10-12(7-14)15-11-5-3-2-4-9(11)13(8)10/h2-3,5,7-9,12H,4,6H2,1H3. The molecule has 0 radical (unpaired) electrons. The van der Waals surface area contributed by atoms with E-state index in [1.807, 2.05) is 12.2 Å². The molecule has 3 aliphatic rings. The Morgan fingerprint density at radius 3 is 3.13 bits per heavy atom. The smallest absolute Gasteiger partial charge is 0.175 e. The van der Waals surface area contributed by atoms with Crippen LogP contribution in [0.2, 0.25) is 0 Å². The lowest BCUT2D eigenvalue weighted by Gasteiger charge is -2.44. The Labute approximate surface area is 89.3 Å². The van der Waals surface area contributed by atoms with Gasteiger partial charge in [0, 0.05) is 5.92 Å². The Bertz CT molecular complexity index is 401. The molecule has 2 nitrogen and oxygen atoms in total. The van der Waals surface area contributed by atoms with Crippen molar-refractivity contribution < 1.29 is 9.53 Å². The normalized spacial score (nSPS) is 37.1. The van der Waals surface area contributed by atoms with Gasteiger partial charge in [-0.15, -0.1) is 0 Å². The van der Waals surface area contributed by atoms with Gasteiger partial charge in [-0.1, -0.05) is 24.6 Å². The maximum absolute atomic E-state index is 10.9. The van der Waals surface area contributed by atoms with Gasteiger partial charge in [-0.3, -0.25) is 4.79 Å². The molecule has 0 aromatic rings. The van der Waals surface area contributed by atoms with Crippen LogP contribution in [0.1, 0.15) is 19.8 Å². The van der Waals surface area contributed by atoms with Crippen molar-refractivity contribution in [1.29, 1.82) is 0 Å². The number of hydrogen-bond donors (Lipinski definition) is 0. The number of ether oxygens (including phenoxy) is 1. The molecule has 0 spiro atoms. The summed E-state index contributed by atoms with van der Waals surface area (Å²) in [7, 11) is 0. The van der Waals surface area contributed by atoms with Crippen molar-refractivity contribution >= 4 is 6.29 Å². The molecular formula is C13H14O2. The fourth-order valence-corrected chi connectivity index (χ4v) is 2.93. The molecule has 0 fully saturated rings. The summed E-state index contributed by atoms with van der Waals surface area (Å²) < 4.78 is 5.71. The Hall–Kier alpha value is -1.31. The summed E-state index contributed by atoms with van der Waals surface area (Å²) in [4.78, 5) is 10.9. The van der Waals surface area contributed by atoms with Crippen molar-refractivity contribution in [2.24, 2.45) is 11.8 Å². The van der Waals surface area contributed by atoms with Gasteiger partial charge < -0.3 is 4.74 Å². The summed E-state index contributed by atoms with van der Waals surface area (Å²) >= 11 is 0. The van der Waals surface area contributed by atoms with Gasteiger partial charge >= 0.3 is 0 Å². The zero-order chi connectivity index (χ0) is 10.4. The molecule has 0 aromatic heterocycles. The molecule has 0 saturated heterocycles. The van der Waals surface area contributed by atoms with Gasteiger partial charge in [0.25, 0.3) is 0 Å². The first-order valence-corrected chi connectivity index (χ1v) is 5.52. The van der Waals surface area contributed by atoms with Crippen LogP contribution in [0.25, 0.3) is 0 Å². The molecule has 2 aliphatic carbocycles. The summed E-state index contributed by atoms with van der Waals surface area (Å²) in [6, 6.07) is 0. The number of aldehydes is 1. The van der Waals surface area contributed by atoms with Gasteiger partial charge in [0.2, 0.25) is 0 Å². The van der Waals surface area contributed by atoms with E-state index in [0.717, 1.165) is 24.9 Å². The van der Waals surface area contributed by atoms with Crippen LogP contribution in [0.4, 0.5) is 0 Å². The number of carbonyl (C=O) groups excluding carboxylic acids is 1. The van der Waals surface area contributed by atoms with Crippen LogP contribution in [0.3, 0.4) is 0 Å². The van der Waals surface area contributed by atoms with E-state index in [4.69, 9.17) is 4.74 Å². The van der Waals surface area contributed by atoms with Gasteiger partial charge in [-0.2, -0.15) is 0 Å². The van der Waals surface area contributed by atoms with Gasteiger partial charge in [-0.05, 0) is 30.4 Å². The molecule has 1 aliphatic heterocycles. The van der Waals surface area contributed by atoms with Crippen molar-refractivity contribution in [3.63, 3.8) is 0 Å². The number of allylic oxidation sites excluding steroid dienone is 4. The third-order valence-electron chi connectivity index (χ3n) is 3.65. The van der Waals surface area contributed by atoms with E-state index in [-0.39, 0.29) is 6.10 Å². The lowest BCUT2D eigenvalue weighted by Crippen LogP contribution is -2.38. The van der Waals surface area contributed by atoms with Crippen LogP contribution in [0.15, 0.2) is 35.1 Å². The highest BCUT2D eigenvalue weighted by atomic mass is 16.5. The highest BCUT2D eigenvalue weighted by Gasteiger charge is 2.42. The first-order valence-electron chi connectivity index (χ1n) is 5.52. The Morgan fingerprint density at radius 2 is 2.40 bits per heavy atom. The number of hydrogen-bond acceptors (Lipinski definition) is 2. The predicted octanol–water partition coefficient (Wildman–Crippen LogP) is 2.38. The number of fused-ring (bicyclic) bond motifs is 2. The molecular weight excluding hydrogens is 188 g/mol. The Kier molecular flexibility index (Phi) is 1.84. The third-order valence-corrected chi connectivity index (χ3v) is 3.65. The molecule has 1 heterocycles. The van der Waals surface area contributed by atoms with E-state index in [9.17, 15) is 4.79 Å². The molecule has 78 valence electrons. The van der Waals surface area contributed by atoms with Crippen molar-refractivity contribution in [2.75, 3.05) is 0 Å². The van der Waals surface area contributed by atoms with Crippen molar-refractivity contribution in [1.82, 2.24) is 0 Å². The summed E-state index contributed by atoms with van der Waals surface area (Å²) in [6.45, 7) is 2.24. The summed E-state index contributed by atoms with van der Waals surface area (Å²) in [6.07, 6.45) is 8.88. The van der Waals surface area contributed by atoms with Crippen molar-refractivity contribution in [3.8, 4) is 0 Å². The second-order valence-corrected chi connectivity index (χ2v) is 4.55. The van der Waals surface area contributed by atoms with Gasteiger partial charge in [0.1, 0.15) is 5.76 Å². The Morgan fingerprint density at radius 1 is 1.53 bits per heavy atom. The summed E-state index contributed by atoms with van der Waals surface area (Å²) in [5, 5.41) is 0. The van der Waals surface area contributed by atoms with Crippen molar-refractivity contribution in [3.05, 3.63) is 35.1 Å². The van der Waals surface area contributed by atoms with E-state index >= 15 is 0 Å². The quantitative estimate of drug-likeness (QED) is 0.482. The van der Waals surface area contributed by atoms with Gasteiger partial charge in [0.15, 0.2) is 12.4 Å². The molecule has 0 amide bonds. The van der Waals surface area contributed by atoms with Crippen molar-refractivity contribution in [2.45, 2.75) is 25.9 Å². The maximum Gasteiger partial charge on any atom is 0.175 e. The second kappa shape index (κ2) is 3.09. The highest BCUT2D eigenvalue weighted by Crippen LogP contribution is 2.49. The van der Waals surface area contributed by atoms with Crippen LogP contribution in [0, 0.1) is 11.8 Å². The molecule has 15 heavy (non-hydrogen) atoms. The third kappa shape index (κ3) is 1.14. The van der Waals surface area contributed by atoms with E-state index in [2.05, 4.69) is 13.0 Å². The molecule has 2 heteroatoms. The van der Waals surface area contributed by atoms with Gasteiger partial charge in [-0.25, -0.2) is 0 Å². The fourth-order valence-electron chi connectivity index (χ4n) is 2.93. The van der Waals surface area contributed by atoms with E-state index in [1.165, 1.54) is 11.1 Å². The minimum absolute atomic E-state index is 0.301. The highest BCUT2D eigenvalue weighted by molar-refractivity contribution is 5.66. The van der Waals surface area contributed by atoms with E-state index < -0.39 is 0 Å². The average Bonchev–Trinajstić information content (AvgIpc) is 2.25. The molecule has 3 unspecified atom stereocenters. The topological polar surface area (TPSA) is 26.3 Å². The van der Waals surface area contributed by atoms with Crippen LogP contribution in [0.5, 0.6) is 0 Å². The SMILES string of the molecule is CC1CC2=C1C1CC=CC=C1OC2C=O. The zero-order valence-corrected chi connectivity index (χ0v) is 8.77. The minimum atomic E-state index is -0.301. The average molecular weight is 202 g/mol. The summed E-state index contributed by atoms with van der Waals surface area (Å²) in [5.41, 5.74) is 2.71. The van der Waals surface area contributed by atoms with Crippen LogP contribution in [-0.4, -0.2) is 12.4 Å². The monoisotopic (exact) mass is 202 g/mol. The van der Waals surface area contributed by atoms with Crippen LogP contribution < -0.4 is 0 Å². The predicted molar refractivity (Wildman–Crippen MR) is 57.1 cm³/mol. The fraction of sp³-hybridized carbons (Fsp3) is 0.462. The lowest BCUT2D eigenvalue weighted by molar-refractivity contribution is -0.115. The molecule has 0 N–H and O–H groups in total.